The first kappa shape index (κ1) is 25.1. The number of aromatic nitrogens is 1. The van der Waals surface area contributed by atoms with Gasteiger partial charge in [-0.05, 0) is 54.5 Å². The second-order valence-corrected chi connectivity index (χ2v) is 8.93. The minimum Gasteiger partial charge on any atom is -0.478 e. The van der Waals surface area contributed by atoms with Crippen molar-refractivity contribution >= 4 is 5.97 Å². The number of rotatable bonds is 15. The van der Waals surface area contributed by atoms with Crippen LogP contribution in [0.5, 0.6) is 0 Å². The monoisotopic (exact) mass is 423 g/mol. The highest BCUT2D eigenvalue weighted by Gasteiger charge is 2.17. The van der Waals surface area contributed by atoms with Crippen LogP contribution in [0, 0.1) is 0 Å². The number of unbranched alkanes of at least 4 members (excludes halogenated alkanes) is 8. The number of carboxylic acids is 1. The van der Waals surface area contributed by atoms with Crippen LogP contribution in [0.4, 0.5) is 0 Å². The van der Waals surface area contributed by atoms with E-state index in [0.717, 1.165) is 36.1 Å². The van der Waals surface area contributed by atoms with Gasteiger partial charge < -0.3 is 5.11 Å². The lowest BCUT2D eigenvalue weighted by molar-refractivity contribution is 0.0695. The summed E-state index contributed by atoms with van der Waals surface area (Å²) in [6.07, 6.45) is 16.7. The molecule has 0 aliphatic heterocycles. The van der Waals surface area contributed by atoms with Gasteiger partial charge in [-0.1, -0.05) is 90.7 Å². The zero-order valence-corrected chi connectivity index (χ0v) is 19.8. The van der Waals surface area contributed by atoms with E-state index >= 15 is 0 Å². The molecule has 31 heavy (non-hydrogen) atoms. The quantitative estimate of drug-likeness (QED) is 0.292. The zero-order chi connectivity index (χ0) is 22.5. The fourth-order valence-corrected chi connectivity index (χ4v) is 4.21. The van der Waals surface area contributed by atoms with E-state index in [1.165, 1.54) is 63.4 Å². The van der Waals surface area contributed by atoms with E-state index < -0.39 is 5.97 Å². The molecule has 2 rings (SSSR count). The second kappa shape index (κ2) is 14.0. The highest BCUT2D eigenvalue weighted by atomic mass is 16.4. The predicted octanol–water partition coefficient (Wildman–Crippen LogP) is 8.42. The lowest BCUT2D eigenvalue weighted by Gasteiger charge is -2.16. The molecule has 1 N–H and O–H groups in total. The maximum atomic E-state index is 11.8. The Kier molecular flexibility index (Phi) is 11.3. The van der Waals surface area contributed by atoms with E-state index in [1.54, 1.807) is 6.07 Å². The molecule has 0 unspecified atom stereocenters. The Hall–Kier alpha value is -2.16. The zero-order valence-electron chi connectivity index (χ0n) is 19.8. The molecule has 1 heterocycles. The summed E-state index contributed by atoms with van der Waals surface area (Å²) >= 11 is 0. The Morgan fingerprint density at radius 1 is 0.903 bits per heavy atom. The van der Waals surface area contributed by atoms with E-state index in [9.17, 15) is 9.90 Å². The van der Waals surface area contributed by atoms with Crippen LogP contribution >= 0.6 is 0 Å². The summed E-state index contributed by atoms with van der Waals surface area (Å²) in [6, 6.07) is 9.95. The van der Waals surface area contributed by atoms with Crippen LogP contribution in [0.15, 0.2) is 36.5 Å². The Bertz CT molecular complexity index is 782. The number of hydrogen-bond acceptors (Lipinski definition) is 2. The lowest BCUT2D eigenvalue weighted by atomic mass is 9.89. The van der Waals surface area contributed by atoms with Crippen molar-refractivity contribution in [3.63, 3.8) is 0 Å². The lowest BCUT2D eigenvalue weighted by Crippen LogP contribution is -2.06. The first-order valence-corrected chi connectivity index (χ1v) is 12.4. The van der Waals surface area contributed by atoms with Gasteiger partial charge in [0.1, 0.15) is 0 Å². The molecule has 3 heteroatoms. The molecule has 0 spiro atoms. The summed E-state index contributed by atoms with van der Waals surface area (Å²) < 4.78 is 0. The molecule has 1 aromatic heterocycles. The molecule has 0 radical (unpaired) electrons. The molecule has 0 saturated carbocycles. The molecular weight excluding hydrogens is 382 g/mol. The van der Waals surface area contributed by atoms with Gasteiger partial charge in [-0.2, -0.15) is 0 Å². The minimum atomic E-state index is -0.842. The normalized spacial score (nSPS) is 12.1. The fourth-order valence-electron chi connectivity index (χ4n) is 4.21. The molecule has 2 aromatic rings. The summed E-state index contributed by atoms with van der Waals surface area (Å²) in [5.74, 6) is -0.610. The van der Waals surface area contributed by atoms with E-state index in [-0.39, 0.29) is 5.92 Å². The Balaban J connectivity index is 2.05. The number of pyridine rings is 1. The summed E-state index contributed by atoms with van der Waals surface area (Å²) in [5, 5.41) is 9.67. The number of nitrogens with zero attached hydrogens (tertiary/aromatic N) is 1. The van der Waals surface area contributed by atoms with E-state index in [0.29, 0.717) is 5.56 Å². The molecule has 0 amide bonds. The predicted molar refractivity (Wildman–Crippen MR) is 131 cm³/mol. The van der Waals surface area contributed by atoms with Crippen LogP contribution in [0.25, 0.3) is 11.3 Å². The van der Waals surface area contributed by atoms with Crippen molar-refractivity contribution in [2.45, 2.75) is 104 Å². The molecule has 0 aliphatic rings. The van der Waals surface area contributed by atoms with Gasteiger partial charge in [-0.15, -0.1) is 0 Å². The van der Waals surface area contributed by atoms with Crippen LogP contribution in [-0.4, -0.2) is 16.1 Å². The SMILES string of the molecule is CCCCCCCc1ccc(-c2ccc(C(=O)O)c([C@@H](C)CCCCCCC)c2)nc1. The fraction of sp³-hybridized carbons (Fsp3) is 0.571. The van der Waals surface area contributed by atoms with Crippen LogP contribution in [0.3, 0.4) is 0 Å². The topological polar surface area (TPSA) is 50.2 Å². The molecule has 0 aliphatic carbocycles. The third-order valence-corrected chi connectivity index (χ3v) is 6.24. The average molecular weight is 424 g/mol. The summed E-state index contributed by atoms with van der Waals surface area (Å²) in [6.45, 7) is 6.62. The van der Waals surface area contributed by atoms with E-state index in [2.05, 4.69) is 37.9 Å². The van der Waals surface area contributed by atoms with Gasteiger partial charge in [0.25, 0.3) is 0 Å². The number of benzene rings is 1. The van der Waals surface area contributed by atoms with Crippen molar-refractivity contribution in [3.05, 3.63) is 53.2 Å². The third kappa shape index (κ3) is 8.47. The van der Waals surface area contributed by atoms with Crippen molar-refractivity contribution in [1.82, 2.24) is 4.98 Å². The Labute approximate surface area is 189 Å². The molecule has 3 nitrogen and oxygen atoms in total. The second-order valence-electron chi connectivity index (χ2n) is 8.93. The van der Waals surface area contributed by atoms with E-state index in [1.807, 2.05) is 18.3 Å². The highest BCUT2D eigenvalue weighted by molar-refractivity contribution is 5.90. The van der Waals surface area contributed by atoms with Crippen molar-refractivity contribution in [2.24, 2.45) is 0 Å². The third-order valence-electron chi connectivity index (χ3n) is 6.24. The largest absolute Gasteiger partial charge is 0.478 e. The number of hydrogen-bond donors (Lipinski definition) is 1. The van der Waals surface area contributed by atoms with Gasteiger partial charge in [0, 0.05) is 11.8 Å². The smallest absolute Gasteiger partial charge is 0.335 e. The molecule has 0 bridgehead atoms. The summed E-state index contributed by atoms with van der Waals surface area (Å²) in [5.41, 5.74) is 4.56. The number of carboxylic acid groups (broad SMARTS) is 1. The molecule has 1 aromatic carbocycles. The number of aryl methyl sites for hydroxylation is 1. The van der Waals surface area contributed by atoms with Gasteiger partial charge in [-0.25, -0.2) is 4.79 Å². The van der Waals surface area contributed by atoms with Gasteiger partial charge in [-0.3, -0.25) is 4.98 Å². The van der Waals surface area contributed by atoms with Crippen LogP contribution in [-0.2, 0) is 6.42 Å². The maximum Gasteiger partial charge on any atom is 0.335 e. The van der Waals surface area contributed by atoms with Gasteiger partial charge in [0.05, 0.1) is 11.3 Å². The Morgan fingerprint density at radius 2 is 1.58 bits per heavy atom. The number of carbonyl (C=O) groups is 1. The van der Waals surface area contributed by atoms with Crippen molar-refractivity contribution < 1.29 is 9.90 Å². The number of aromatic carboxylic acids is 1. The van der Waals surface area contributed by atoms with Crippen LogP contribution in [0.1, 0.15) is 119 Å². The summed E-state index contributed by atoms with van der Waals surface area (Å²) in [4.78, 5) is 16.5. The molecular formula is C28H41NO2. The van der Waals surface area contributed by atoms with E-state index in [4.69, 9.17) is 0 Å². The van der Waals surface area contributed by atoms with Crippen molar-refractivity contribution in [1.29, 1.82) is 0 Å². The first-order chi connectivity index (χ1) is 15.1. The maximum absolute atomic E-state index is 11.8. The molecule has 170 valence electrons. The van der Waals surface area contributed by atoms with Gasteiger partial charge in [0.2, 0.25) is 0 Å². The first-order valence-electron chi connectivity index (χ1n) is 12.4. The molecule has 0 saturated heterocycles. The Morgan fingerprint density at radius 3 is 2.19 bits per heavy atom. The average Bonchev–Trinajstić information content (AvgIpc) is 2.78. The summed E-state index contributed by atoms with van der Waals surface area (Å²) in [7, 11) is 0. The highest BCUT2D eigenvalue weighted by Crippen LogP contribution is 2.30. The van der Waals surface area contributed by atoms with Gasteiger partial charge in [0.15, 0.2) is 0 Å². The minimum absolute atomic E-state index is 0.232. The molecule has 1 atom stereocenters. The van der Waals surface area contributed by atoms with Crippen LogP contribution in [0.2, 0.25) is 0 Å². The van der Waals surface area contributed by atoms with Crippen LogP contribution < -0.4 is 0 Å². The molecule has 0 fully saturated rings. The van der Waals surface area contributed by atoms with Crippen molar-refractivity contribution in [3.8, 4) is 11.3 Å². The standard InChI is InChI=1S/C28H41NO2/c1-4-6-8-10-12-14-22(3)26-20-24(17-18-25(26)28(30)31)27-19-16-23(21-29-27)15-13-11-9-7-5-2/h16-22H,4-15H2,1-3H3,(H,30,31)/t22-/m0/s1. The van der Waals surface area contributed by atoms with Gasteiger partial charge >= 0.3 is 5.97 Å². The van der Waals surface area contributed by atoms with Crippen molar-refractivity contribution in [2.75, 3.05) is 0 Å².